The van der Waals surface area contributed by atoms with Gasteiger partial charge in [0.1, 0.15) is 11.9 Å². The molecule has 170 valence electrons. The predicted molar refractivity (Wildman–Crippen MR) is 126 cm³/mol. The lowest BCUT2D eigenvalue weighted by atomic mass is 10.0. The Kier molecular flexibility index (Phi) is 6.57. The highest BCUT2D eigenvalue weighted by molar-refractivity contribution is 7.89. The second kappa shape index (κ2) is 9.56. The van der Waals surface area contributed by atoms with Crippen LogP contribution in [0.2, 0.25) is 0 Å². The van der Waals surface area contributed by atoms with Crippen LogP contribution in [-0.4, -0.2) is 25.4 Å². The van der Waals surface area contributed by atoms with Gasteiger partial charge in [0.05, 0.1) is 4.90 Å². The average Bonchev–Trinajstić information content (AvgIpc) is 3.21. The number of hydrogen-bond acceptors (Lipinski definition) is 3. The number of halogens is 1. The number of nitrogens with one attached hydrogen (secondary N) is 3. The molecule has 1 amide bonds. The first-order valence-electron chi connectivity index (χ1n) is 10.5. The summed E-state index contributed by atoms with van der Waals surface area (Å²) in [5, 5.41) is 3.57. The molecule has 1 unspecified atom stereocenters. The number of rotatable bonds is 8. The van der Waals surface area contributed by atoms with E-state index in [4.69, 9.17) is 0 Å². The molecular formula is C25H24FN3O3S. The molecule has 0 bridgehead atoms. The summed E-state index contributed by atoms with van der Waals surface area (Å²) in [5.74, 6) is -0.980. The third-order valence-corrected chi connectivity index (χ3v) is 6.89. The van der Waals surface area contributed by atoms with E-state index in [0.717, 1.165) is 22.0 Å². The first-order chi connectivity index (χ1) is 15.8. The number of hydrogen-bond donors (Lipinski definition) is 3. The highest BCUT2D eigenvalue weighted by atomic mass is 32.2. The summed E-state index contributed by atoms with van der Waals surface area (Å²) in [7, 11) is -3.97. The normalized spacial score (nSPS) is 12.5. The van der Waals surface area contributed by atoms with Crippen LogP contribution in [0.3, 0.4) is 0 Å². The van der Waals surface area contributed by atoms with Crippen molar-refractivity contribution >= 4 is 26.8 Å². The average molecular weight is 466 g/mol. The summed E-state index contributed by atoms with van der Waals surface area (Å²) < 4.78 is 42.6. The Morgan fingerprint density at radius 1 is 1.00 bits per heavy atom. The first kappa shape index (κ1) is 22.7. The fraction of sp³-hybridized carbons (Fsp3) is 0.160. The fourth-order valence-electron chi connectivity index (χ4n) is 3.69. The number of fused-ring (bicyclic) bond motifs is 1. The number of aryl methyl sites for hydroxylation is 1. The molecule has 3 aromatic carbocycles. The quantitative estimate of drug-likeness (QED) is 0.369. The zero-order chi connectivity index (χ0) is 23.4. The minimum absolute atomic E-state index is 0.0535. The van der Waals surface area contributed by atoms with Crippen LogP contribution in [0.5, 0.6) is 0 Å². The van der Waals surface area contributed by atoms with E-state index in [-0.39, 0.29) is 17.9 Å². The van der Waals surface area contributed by atoms with Gasteiger partial charge < -0.3 is 10.3 Å². The lowest BCUT2D eigenvalue weighted by molar-refractivity contribution is -0.122. The van der Waals surface area contributed by atoms with Crippen LogP contribution in [0.15, 0.2) is 83.9 Å². The third kappa shape index (κ3) is 5.30. The standard InChI is InChI=1S/C25H24FN3O3S/c1-17-7-6-9-20(13-17)33(31,32)29-24(14-19-16-27-23-12-5-3-10-21(19)23)25(30)28-15-18-8-2-4-11-22(18)26/h2-13,16,24,27,29H,14-15H2,1H3,(H,28,30). The lowest BCUT2D eigenvalue weighted by Crippen LogP contribution is -2.47. The van der Waals surface area contributed by atoms with Crippen molar-refractivity contribution in [3.8, 4) is 0 Å². The highest BCUT2D eigenvalue weighted by Gasteiger charge is 2.27. The van der Waals surface area contributed by atoms with E-state index >= 15 is 0 Å². The number of aromatic nitrogens is 1. The summed E-state index contributed by atoms with van der Waals surface area (Å²) in [6, 6.07) is 19.1. The summed E-state index contributed by atoms with van der Waals surface area (Å²) in [6.45, 7) is 1.74. The van der Waals surface area contributed by atoms with Gasteiger partial charge in [0.2, 0.25) is 15.9 Å². The Labute approximate surface area is 191 Å². The smallest absolute Gasteiger partial charge is 0.241 e. The number of amides is 1. The molecule has 6 nitrogen and oxygen atoms in total. The van der Waals surface area contributed by atoms with Crippen LogP contribution in [0.1, 0.15) is 16.7 Å². The van der Waals surface area contributed by atoms with Crippen LogP contribution < -0.4 is 10.0 Å². The van der Waals surface area contributed by atoms with Crippen molar-refractivity contribution in [2.45, 2.75) is 30.8 Å². The topological polar surface area (TPSA) is 91.1 Å². The Morgan fingerprint density at radius 2 is 1.76 bits per heavy atom. The molecule has 1 atom stereocenters. The van der Waals surface area contributed by atoms with Gasteiger partial charge in [-0.1, -0.05) is 48.5 Å². The molecular weight excluding hydrogens is 441 g/mol. The summed E-state index contributed by atoms with van der Waals surface area (Å²) in [4.78, 5) is 16.3. The Hall–Kier alpha value is -3.49. The van der Waals surface area contributed by atoms with Crippen molar-refractivity contribution in [1.82, 2.24) is 15.0 Å². The fourth-order valence-corrected chi connectivity index (χ4v) is 4.99. The Balaban J connectivity index is 1.61. The molecule has 0 aliphatic rings. The number of sulfonamides is 1. The van der Waals surface area contributed by atoms with Crippen LogP contribution in [0.25, 0.3) is 10.9 Å². The van der Waals surface area contributed by atoms with E-state index in [1.807, 2.05) is 24.3 Å². The minimum Gasteiger partial charge on any atom is -0.361 e. The maximum atomic E-state index is 14.0. The zero-order valence-electron chi connectivity index (χ0n) is 18.0. The molecule has 0 saturated carbocycles. The van der Waals surface area contributed by atoms with Gasteiger partial charge in [-0.2, -0.15) is 4.72 Å². The van der Waals surface area contributed by atoms with E-state index < -0.39 is 27.8 Å². The van der Waals surface area contributed by atoms with Gasteiger partial charge in [0, 0.05) is 29.2 Å². The summed E-state index contributed by atoms with van der Waals surface area (Å²) in [6.07, 6.45) is 1.89. The molecule has 4 rings (SSSR count). The van der Waals surface area contributed by atoms with Gasteiger partial charge in [0.25, 0.3) is 0 Å². The molecule has 0 fully saturated rings. The minimum atomic E-state index is -3.97. The van der Waals surface area contributed by atoms with Gasteiger partial charge >= 0.3 is 0 Å². The molecule has 8 heteroatoms. The summed E-state index contributed by atoms with van der Waals surface area (Å²) >= 11 is 0. The number of para-hydroxylation sites is 1. The third-order valence-electron chi connectivity index (χ3n) is 5.42. The summed E-state index contributed by atoms with van der Waals surface area (Å²) in [5.41, 5.74) is 2.79. The largest absolute Gasteiger partial charge is 0.361 e. The first-order valence-corrected chi connectivity index (χ1v) is 12.0. The maximum absolute atomic E-state index is 14.0. The molecule has 0 aliphatic heterocycles. The second-order valence-corrected chi connectivity index (χ2v) is 9.58. The number of carbonyl (C=O) groups is 1. The van der Waals surface area contributed by atoms with Crippen LogP contribution in [0.4, 0.5) is 4.39 Å². The van der Waals surface area contributed by atoms with Crippen molar-refractivity contribution in [3.63, 3.8) is 0 Å². The van der Waals surface area contributed by atoms with Gasteiger partial charge in [0.15, 0.2) is 0 Å². The van der Waals surface area contributed by atoms with Crippen molar-refractivity contribution in [1.29, 1.82) is 0 Å². The number of H-pyrrole nitrogens is 1. The number of benzene rings is 3. The van der Waals surface area contributed by atoms with Gasteiger partial charge in [-0.15, -0.1) is 0 Å². The van der Waals surface area contributed by atoms with Gasteiger partial charge in [-0.05, 0) is 48.7 Å². The van der Waals surface area contributed by atoms with Gasteiger partial charge in [-0.25, -0.2) is 12.8 Å². The van der Waals surface area contributed by atoms with Crippen LogP contribution in [-0.2, 0) is 27.8 Å². The zero-order valence-corrected chi connectivity index (χ0v) is 18.8. The van der Waals surface area contributed by atoms with Crippen molar-refractivity contribution < 1.29 is 17.6 Å². The van der Waals surface area contributed by atoms with E-state index in [9.17, 15) is 17.6 Å². The molecule has 1 heterocycles. The molecule has 0 radical (unpaired) electrons. The van der Waals surface area contributed by atoms with E-state index in [2.05, 4.69) is 15.0 Å². The van der Waals surface area contributed by atoms with E-state index in [0.29, 0.717) is 5.56 Å². The molecule has 0 saturated heterocycles. The second-order valence-electron chi connectivity index (χ2n) is 7.86. The van der Waals surface area contributed by atoms with E-state index in [1.165, 1.54) is 12.1 Å². The molecule has 3 N–H and O–H groups in total. The van der Waals surface area contributed by atoms with Crippen LogP contribution in [0, 0.1) is 12.7 Å². The van der Waals surface area contributed by atoms with Crippen molar-refractivity contribution in [2.24, 2.45) is 0 Å². The number of carbonyl (C=O) groups excluding carboxylic acids is 1. The number of aromatic amines is 1. The monoisotopic (exact) mass is 465 g/mol. The molecule has 0 aliphatic carbocycles. The van der Waals surface area contributed by atoms with Gasteiger partial charge in [-0.3, -0.25) is 4.79 Å². The Morgan fingerprint density at radius 3 is 2.55 bits per heavy atom. The predicted octanol–water partition coefficient (Wildman–Crippen LogP) is 3.82. The lowest BCUT2D eigenvalue weighted by Gasteiger charge is -2.19. The molecule has 4 aromatic rings. The molecule has 33 heavy (non-hydrogen) atoms. The Bertz CT molecular complexity index is 1400. The highest BCUT2D eigenvalue weighted by Crippen LogP contribution is 2.20. The van der Waals surface area contributed by atoms with E-state index in [1.54, 1.807) is 49.5 Å². The maximum Gasteiger partial charge on any atom is 0.241 e. The molecule has 0 spiro atoms. The SMILES string of the molecule is Cc1cccc(S(=O)(=O)NC(Cc2c[nH]c3ccccc23)C(=O)NCc2ccccc2F)c1. The van der Waals surface area contributed by atoms with Crippen molar-refractivity contribution in [3.05, 3.63) is 102 Å². The molecule has 1 aromatic heterocycles. The van der Waals surface area contributed by atoms with Crippen molar-refractivity contribution in [2.75, 3.05) is 0 Å². The van der Waals surface area contributed by atoms with Crippen LogP contribution >= 0.6 is 0 Å².